The van der Waals surface area contributed by atoms with Crippen LogP contribution in [-0.2, 0) is 20.9 Å². The number of rotatable bonds is 6. The Morgan fingerprint density at radius 2 is 1.87 bits per heavy atom. The maximum absolute atomic E-state index is 13.2. The van der Waals surface area contributed by atoms with Gasteiger partial charge >= 0.3 is 5.97 Å². The van der Waals surface area contributed by atoms with E-state index in [-0.39, 0.29) is 17.8 Å². The van der Waals surface area contributed by atoms with E-state index in [9.17, 15) is 9.59 Å². The molecule has 2 atom stereocenters. The molecular formula is C24H24N2O3S2. The molecular weight excluding hydrogens is 428 g/mol. The molecule has 0 bridgehead atoms. The van der Waals surface area contributed by atoms with E-state index in [2.05, 4.69) is 4.99 Å². The number of esters is 1. The minimum Gasteiger partial charge on any atom is -0.457 e. The van der Waals surface area contributed by atoms with Gasteiger partial charge < -0.3 is 4.74 Å². The molecule has 0 saturated carbocycles. The monoisotopic (exact) mass is 452 g/mol. The van der Waals surface area contributed by atoms with Crippen LogP contribution in [0.2, 0.25) is 0 Å². The smallest absolute Gasteiger partial charge is 0.338 e. The van der Waals surface area contributed by atoms with Crippen LogP contribution in [0.25, 0.3) is 0 Å². The first-order valence-electron chi connectivity index (χ1n) is 10.2. The van der Waals surface area contributed by atoms with E-state index in [1.165, 1.54) is 11.8 Å². The second kappa shape index (κ2) is 9.32. The second-order valence-corrected chi connectivity index (χ2v) is 9.40. The molecule has 0 aliphatic carbocycles. The lowest BCUT2D eigenvalue weighted by atomic mass is 9.94. The number of allylic oxidation sites excluding steroid dienone is 1. The highest BCUT2D eigenvalue weighted by Gasteiger charge is 2.47. The third-order valence-corrected chi connectivity index (χ3v) is 7.45. The number of amides is 1. The topological polar surface area (TPSA) is 59.0 Å². The van der Waals surface area contributed by atoms with Crippen LogP contribution in [-0.4, -0.2) is 33.4 Å². The molecule has 2 heterocycles. The quantitative estimate of drug-likeness (QED) is 0.446. The van der Waals surface area contributed by atoms with Gasteiger partial charge in [-0.15, -0.1) is 11.8 Å². The van der Waals surface area contributed by atoms with Crippen LogP contribution in [0, 0.1) is 0 Å². The van der Waals surface area contributed by atoms with Crippen LogP contribution in [0.15, 0.2) is 75.8 Å². The van der Waals surface area contributed by atoms with Gasteiger partial charge in [-0.2, -0.15) is 0 Å². The third-order valence-electron chi connectivity index (χ3n) is 5.39. The fraction of sp³-hybridized carbons (Fsp3) is 0.292. The number of ether oxygens (including phenoxy) is 1. The number of carbonyl (C=O) groups excluding carboxylic acids is 2. The number of hydrogen-bond donors (Lipinski definition) is 0. The minimum atomic E-state index is -0.539. The van der Waals surface area contributed by atoms with Crippen LogP contribution < -0.4 is 0 Å². The molecule has 0 aromatic heterocycles. The Hall–Kier alpha value is -2.51. The van der Waals surface area contributed by atoms with Crippen LogP contribution in [0.3, 0.4) is 0 Å². The van der Waals surface area contributed by atoms with Crippen molar-refractivity contribution < 1.29 is 14.3 Å². The van der Waals surface area contributed by atoms with Gasteiger partial charge in [0.25, 0.3) is 0 Å². The molecule has 0 N–H and O–H groups in total. The third kappa shape index (κ3) is 4.29. The number of benzene rings is 2. The molecule has 2 aliphatic heterocycles. The molecule has 0 spiro atoms. The van der Waals surface area contributed by atoms with E-state index in [0.717, 1.165) is 16.0 Å². The van der Waals surface area contributed by atoms with Gasteiger partial charge in [-0.3, -0.25) is 9.69 Å². The van der Waals surface area contributed by atoms with Gasteiger partial charge in [-0.1, -0.05) is 61.2 Å². The zero-order valence-electron chi connectivity index (χ0n) is 17.7. The Labute approximate surface area is 191 Å². The Balaban J connectivity index is 1.70. The maximum atomic E-state index is 13.2. The first kappa shape index (κ1) is 21.7. The predicted octanol–water partition coefficient (Wildman–Crippen LogP) is 5.19. The Kier molecular flexibility index (Phi) is 6.53. The molecule has 2 aromatic rings. The molecule has 5 nitrogen and oxygen atoms in total. The van der Waals surface area contributed by atoms with E-state index in [1.54, 1.807) is 16.7 Å². The lowest BCUT2D eigenvalue weighted by molar-refractivity contribution is -0.141. The van der Waals surface area contributed by atoms with Crippen molar-refractivity contribution in [1.29, 1.82) is 0 Å². The minimum absolute atomic E-state index is 0.00828. The van der Waals surface area contributed by atoms with Gasteiger partial charge in [-0.05, 0) is 42.9 Å². The molecule has 0 unspecified atom stereocenters. The van der Waals surface area contributed by atoms with Crippen LogP contribution in [0.5, 0.6) is 0 Å². The summed E-state index contributed by atoms with van der Waals surface area (Å²) in [6, 6.07) is 17.0. The first-order chi connectivity index (χ1) is 15.0. The predicted molar refractivity (Wildman–Crippen MR) is 126 cm³/mol. The van der Waals surface area contributed by atoms with Crippen LogP contribution in [0.1, 0.15) is 37.4 Å². The summed E-state index contributed by atoms with van der Waals surface area (Å²) < 4.78 is 5.66. The molecule has 31 heavy (non-hydrogen) atoms. The fourth-order valence-electron chi connectivity index (χ4n) is 3.75. The average molecular weight is 453 g/mol. The first-order valence-corrected chi connectivity index (χ1v) is 12.3. The van der Waals surface area contributed by atoms with E-state index >= 15 is 0 Å². The molecule has 4 rings (SSSR count). The van der Waals surface area contributed by atoms with E-state index in [0.29, 0.717) is 22.9 Å². The highest BCUT2D eigenvalue weighted by Crippen LogP contribution is 2.44. The summed E-state index contributed by atoms with van der Waals surface area (Å²) in [6.45, 7) is 3.98. The van der Waals surface area contributed by atoms with E-state index in [1.807, 2.05) is 74.7 Å². The number of carbonyl (C=O) groups is 2. The molecule has 1 fully saturated rings. The number of nitrogens with zero attached hydrogens (tertiary/aromatic N) is 2. The summed E-state index contributed by atoms with van der Waals surface area (Å²) in [6.07, 6.45) is 2.73. The van der Waals surface area contributed by atoms with Crippen molar-refractivity contribution in [2.45, 2.75) is 43.1 Å². The van der Waals surface area contributed by atoms with Crippen molar-refractivity contribution in [2.75, 3.05) is 6.26 Å². The Morgan fingerprint density at radius 1 is 1.16 bits per heavy atom. The van der Waals surface area contributed by atoms with Gasteiger partial charge in [-0.25, -0.2) is 9.79 Å². The molecule has 2 aliphatic rings. The number of thioether (sulfide) groups is 2. The molecule has 1 amide bonds. The Bertz CT molecular complexity index is 1050. The standard InChI is InChI=1S/C24H24N2O3S2/c1-4-19-22(27)26-21(17-10-12-18(30-3)13-11-17)20(15(2)25-24(26)31-19)23(28)29-14-16-8-6-5-7-9-16/h5-13,19,21H,4,14H2,1-3H3/t19-,21-/m0/s1. The SMILES string of the molecule is CC[C@@H]1SC2=NC(C)=C(C(=O)OCc3ccccc3)[C@H](c3ccc(SC)cc3)N2C1=O. The van der Waals surface area contributed by atoms with Crippen molar-refractivity contribution >= 4 is 40.6 Å². The van der Waals surface area contributed by atoms with Crippen molar-refractivity contribution in [3.05, 3.63) is 77.0 Å². The van der Waals surface area contributed by atoms with Gasteiger partial charge in [0.05, 0.1) is 22.6 Å². The molecule has 0 radical (unpaired) electrons. The lowest BCUT2D eigenvalue weighted by Gasteiger charge is -2.33. The summed E-state index contributed by atoms with van der Waals surface area (Å²) in [5, 5.41) is 0.479. The molecule has 1 saturated heterocycles. The van der Waals surface area contributed by atoms with Gasteiger partial charge in [0.1, 0.15) is 6.61 Å². The van der Waals surface area contributed by atoms with E-state index in [4.69, 9.17) is 4.74 Å². The number of hydrogen-bond acceptors (Lipinski definition) is 6. The van der Waals surface area contributed by atoms with Crippen molar-refractivity contribution in [1.82, 2.24) is 4.90 Å². The van der Waals surface area contributed by atoms with Gasteiger partial charge in [0.2, 0.25) is 5.91 Å². The fourth-order valence-corrected chi connectivity index (χ4v) is 5.29. The van der Waals surface area contributed by atoms with Crippen molar-refractivity contribution in [3.8, 4) is 0 Å². The number of aliphatic imine (C=N–C) groups is 1. The molecule has 7 heteroatoms. The van der Waals surface area contributed by atoms with Crippen LogP contribution in [0.4, 0.5) is 0 Å². The van der Waals surface area contributed by atoms with Crippen molar-refractivity contribution in [3.63, 3.8) is 0 Å². The summed E-state index contributed by atoms with van der Waals surface area (Å²) >= 11 is 3.12. The average Bonchev–Trinajstić information content (AvgIpc) is 3.12. The Morgan fingerprint density at radius 3 is 2.52 bits per heavy atom. The highest BCUT2D eigenvalue weighted by atomic mass is 32.2. The van der Waals surface area contributed by atoms with Crippen LogP contribution >= 0.6 is 23.5 Å². The number of amidine groups is 1. The number of fused-ring (bicyclic) bond motifs is 1. The van der Waals surface area contributed by atoms with Crippen molar-refractivity contribution in [2.24, 2.45) is 4.99 Å². The maximum Gasteiger partial charge on any atom is 0.338 e. The zero-order chi connectivity index (χ0) is 22.0. The second-order valence-electron chi connectivity index (χ2n) is 7.35. The van der Waals surface area contributed by atoms with E-state index < -0.39 is 12.0 Å². The largest absolute Gasteiger partial charge is 0.457 e. The summed E-state index contributed by atoms with van der Waals surface area (Å²) in [5.74, 6) is -0.452. The van der Waals surface area contributed by atoms with Gasteiger partial charge in [0.15, 0.2) is 5.17 Å². The highest BCUT2D eigenvalue weighted by molar-refractivity contribution is 8.15. The molecule has 2 aromatic carbocycles. The normalized spacial score (nSPS) is 20.5. The summed E-state index contributed by atoms with van der Waals surface area (Å²) in [7, 11) is 0. The zero-order valence-corrected chi connectivity index (χ0v) is 19.3. The van der Waals surface area contributed by atoms with Gasteiger partial charge in [0, 0.05) is 4.90 Å². The molecule has 160 valence electrons. The summed E-state index contributed by atoms with van der Waals surface area (Å²) in [5.41, 5.74) is 2.80. The summed E-state index contributed by atoms with van der Waals surface area (Å²) in [4.78, 5) is 33.8. The lowest BCUT2D eigenvalue weighted by Crippen LogP contribution is -2.40.